The molecule has 0 bridgehead atoms. The molecule has 0 spiro atoms. The Kier molecular flexibility index (Phi) is 6.16. The van der Waals surface area contributed by atoms with E-state index in [1.165, 1.54) is 11.8 Å². The average Bonchev–Trinajstić information content (AvgIpc) is 1.95. The molecular formula is C9H19NO2S. The number of thioether (sulfide) groups is 1. The van der Waals surface area contributed by atoms with Gasteiger partial charge in [0.05, 0.1) is 0 Å². The molecule has 0 saturated carbocycles. The Hall–Kier alpha value is -0.220. The molecule has 78 valence electrons. The minimum atomic E-state index is -0.696. The van der Waals surface area contributed by atoms with Crippen LogP contribution in [0.2, 0.25) is 0 Å². The summed E-state index contributed by atoms with van der Waals surface area (Å²) in [5.74, 6) is 0.380. The number of hydrogen-bond donors (Lipinski definition) is 1. The van der Waals surface area contributed by atoms with Crippen LogP contribution in [0.1, 0.15) is 13.8 Å². The number of hydrogen-bond acceptors (Lipinski definition) is 3. The summed E-state index contributed by atoms with van der Waals surface area (Å²) in [6.07, 6.45) is 0. The van der Waals surface area contributed by atoms with E-state index >= 15 is 0 Å². The Labute approximate surface area is 84.5 Å². The molecule has 4 heteroatoms. The molecule has 0 aromatic rings. The smallest absolute Gasteiger partial charge is 0.316 e. The third kappa shape index (κ3) is 5.93. The Morgan fingerprint density at radius 2 is 2.00 bits per heavy atom. The maximum atomic E-state index is 10.8. The van der Waals surface area contributed by atoms with Crippen LogP contribution in [0.5, 0.6) is 0 Å². The first kappa shape index (κ1) is 12.8. The Bertz CT molecular complexity index is 160. The van der Waals surface area contributed by atoms with Crippen LogP contribution < -0.4 is 0 Å². The van der Waals surface area contributed by atoms with Gasteiger partial charge in [0.25, 0.3) is 0 Å². The van der Waals surface area contributed by atoms with E-state index in [2.05, 4.69) is 4.90 Å². The number of carbonyl (C=O) groups is 1. The fourth-order valence-electron chi connectivity index (χ4n) is 0.911. The summed E-state index contributed by atoms with van der Waals surface area (Å²) < 4.78 is 0. The molecule has 3 nitrogen and oxygen atoms in total. The number of rotatable bonds is 6. The standard InChI is InChI=1S/C9H19NO2S/c1-7(2)8(9(11)12)13-6-5-10(3)4/h7-8H,5-6H2,1-4H3,(H,11,12). The highest BCUT2D eigenvalue weighted by atomic mass is 32.2. The topological polar surface area (TPSA) is 40.5 Å². The maximum absolute atomic E-state index is 10.8. The molecule has 0 aliphatic rings. The van der Waals surface area contributed by atoms with Crippen LogP contribution >= 0.6 is 11.8 Å². The highest BCUT2D eigenvalue weighted by Gasteiger charge is 2.21. The van der Waals surface area contributed by atoms with Crippen LogP contribution in [-0.4, -0.2) is 47.6 Å². The van der Waals surface area contributed by atoms with Crippen molar-refractivity contribution in [3.05, 3.63) is 0 Å². The van der Waals surface area contributed by atoms with Gasteiger partial charge in [0, 0.05) is 12.3 Å². The first-order valence-corrected chi connectivity index (χ1v) is 5.49. The zero-order valence-corrected chi connectivity index (χ0v) is 9.60. The van der Waals surface area contributed by atoms with E-state index in [0.29, 0.717) is 0 Å². The van der Waals surface area contributed by atoms with E-state index in [1.807, 2.05) is 27.9 Å². The second-order valence-electron chi connectivity index (χ2n) is 3.68. The zero-order valence-electron chi connectivity index (χ0n) is 8.78. The molecule has 1 atom stereocenters. The van der Waals surface area contributed by atoms with Crippen molar-refractivity contribution < 1.29 is 9.90 Å². The summed E-state index contributed by atoms with van der Waals surface area (Å²) in [5, 5.41) is 8.61. The fourth-order valence-corrected chi connectivity index (χ4v) is 2.16. The second-order valence-corrected chi connectivity index (χ2v) is 4.93. The van der Waals surface area contributed by atoms with Crippen LogP contribution in [-0.2, 0) is 4.79 Å². The minimum Gasteiger partial charge on any atom is -0.480 e. The van der Waals surface area contributed by atoms with Gasteiger partial charge in [0.15, 0.2) is 0 Å². The van der Waals surface area contributed by atoms with Gasteiger partial charge in [-0.15, -0.1) is 11.8 Å². The predicted octanol–water partition coefficient (Wildman–Crippen LogP) is 1.39. The predicted molar refractivity (Wildman–Crippen MR) is 57.3 cm³/mol. The number of nitrogens with zero attached hydrogens (tertiary/aromatic N) is 1. The SMILES string of the molecule is CC(C)C(SCCN(C)C)C(=O)O. The van der Waals surface area contributed by atoms with Crippen molar-refractivity contribution in [3.8, 4) is 0 Å². The molecule has 0 aliphatic carbocycles. The first-order chi connectivity index (χ1) is 5.95. The Morgan fingerprint density at radius 3 is 2.31 bits per heavy atom. The lowest BCUT2D eigenvalue weighted by Crippen LogP contribution is -2.25. The zero-order chi connectivity index (χ0) is 10.4. The Balaban J connectivity index is 3.77. The molecule has 0 rings (SSSR count). The largest absolute Gasteiger partial charge is 0.480 e. The van der Waals surface area contributed by atoms with Gasteiger partial charge in [0.2, 0.25) is 0 Å². The lowest BCUT2D eigenvalue weighted by molar-refractivity contribution is -0.137. The van der Waals surface area contributed by atoms with E-state index in [0.717, 1.165) is 12.3 Å². The molecule has 0 amide bonds. The molecule has 0 aromatic heterocycles. The molecule has 1 N–H and O–H groups in total. The molecule has 0 radical (unpaired) electrons. The van der Waals surface area contributed by atoms with Gasteiger partial charge < -0.3 is 10.0 Å². The lowest BCUT2D eigenvalue weighted by atomic mass is 10.1. The third-order valence-electron chi connectivity index (χ3n) is 1.68. The van der Waals surface area contributed by atoms with E-state index < -0.39 is 5.97 Å². The quantitative estimate of drug-likeness (QED) is 0.711. The molecule has 0 aromatic carbocycles. The van der Waals surface area contributed by atoms with Crippen LogP contribution in [0.4, 0.5) is 0 Å². The van der Waals surface area contributed by atoms with Gasteiger partial charge in [-0.3, -0.25) is 4.79 Å². The van der Waals surface area contributed by atoms with Crippen molar-refractivity contribution in [1.82, 2.24) is 4.90 Å². The van der Waals surface area contributed by atoms with E-state index in [4.69, 9.17) is 5.11 Å². The van der Waals surface area contributed by atoms with Crippen LogP contribution in [0.25, 0.3) is 0 Å². The summed E-state index contributed by atoms with van der Waals surface area (Å²) >= 11 is 1.52. The molecule has 0 saturated heterocycles. The maximum Gasteiger partial charge on any atom is 0.316 e. The third-order valence-corrected chi connectivity index (χ3v) is 3.21. The van der Waals surface area contributed by atoms with Crippen molar-refractivity contribution in [2.24, 2.45) is 5.92 Å². The first-order valence-electron chi connectivity index (χ1n) is 4.44. The molecular weight excluding hydrogens is 186 g/mol. The molecule has 1 unspecified atom stereocenters. The number of aliphatic carboxylic acids is 1. The van der Waals surface area contributed by atoms with Gasteiger partial charge >= 0.3 is 5.97 Å². The van der Waals surface area contributed by atoms with Crippen molar-refractivity contribution in [2.45, 2.75) is 19.1 Å². The summed E-state index contributed by atoms with van der Waals surface area (Å²) in [6, 6.07) is 0. The lowest BCUT2D eigenvalue weighted by Gasteiger charge is -2.16. The molecule has 13 heavy (non-hydrogen) atoms. The molecule has 0 fully saturated rings. The summed E-state index contributed by atoms with van der Waals surface area (Å²) in [6.45, 7) is 4.82. The van der Waals surface area contributed by atoms with Crippen molar-refractivity contribution in [3.63, 3.8) is 0 Å². The average molecular weight is 205 g/mol. The van der Waals surface area contributed by atoms with Gasteiger partial charge in [-0.05, 0) is 20.0 Å². The van der Waals surface area contributed by atoms with E-state index in [1.54, 1.807) is 0 Å². The van der Waals surface area contributed by atoms with Crippen molar-refractivity contribution in [2.75, 3.05) is 26.4 Å². The van der Waals surface area contributed by atoms with Crippen molar-refractivity contribution >= 4 is 17.7 Å². The van der Waals surface area contributed by atoms with Gasteiger partial charge in [-0.25, -0.2) is 0 Å². The van der Waals surface area contributed by atoms with Gasteiger partial charge in [-0.1, -0.05) is 13.8 Å². The second kappa shape index (κ2) is 6.27. The Morgan fingerprint density at radius 1 is 1.46 bits per heavy atom. The van der Waals surface area contributed by atoms with Gasteiger partial charge in [-0.2, -0.15) is 0 Å². The number of carboxylic acid groups (broad SMARTS) is 1. The van der Waals surface area contributed by atoms with Crippen LogP contribution in [0, 0.1) is 5.92 Å². The summed E-state index contributed by atoms with van der Waals surface area (Å²) in [4.78, 5) is 12.8. The summed E-state index contributed by atoms with van der Waals surface area (Å²) in [7, 11) is 3.98. The normalized spacial score (nSPS) is 13.7. The van der Waals surface area contributed by atoms with E-state index in [9.17, 15) is 4.79 Å². The molecule has 0 aliphatic heterocycles. The highest BCUT2D eigenvalue weighted by molar-refractivity contribution is 8.00. The van der Waals surface area contributed by atoms with Crippen LogP contribution in [0.15, 0.2) is 0 Å². The van der Waals surface area contributed by atoms with E-state index in [-0.39, 0.29) is 11.2 Å². The monoisotopic (exact) mass is 205 g/mol. The fraction of sp³-hybridized carbons (Fsp3) is 0.889. The number of carboxylic acids is 1. The van der Waals surface area contributed by atoms with Crippen LogP contribution in [0.3, 0.4) is 0 Å². The minimum absolute atomic E-state index is 0.199. The highest BCUT2D eigenvalue weighted by Crippen LogP contribution is 2.19. The molecule has 0 heterocycles. The van der Waals surface area contributed by atoms with Gasteiger partial charge in [0.1, 0.15) is 5.25 Å². The van der Waals surface area contributed by atoms with Crippen molar-refractivity contribution in [1.29, 1.82) is 0 Å². The summed E-state index contributed by atoms with van der Waals surface area (Å²) in [5.41, 5.74) is 0.